The van der Waals surface area contributed by atoms with E-state index in [1.165, 1.54) is 25.3 Å². The van der Waals surface area contributed by atoms with Crippen molar-refractivity contribution in [2.45, 2.75) is 78.7 Å². The molecule has 0 saturated heterocycles. The topological polar surface area (TPSA) is 59.9 Å². The van der Waals surface area contributed by atoms with Crippen LogP contribution in [0.2, 0.25) is 0 Å². The Labute approximate surface area is 211 Å². The Morgan fingerprint density at radius 1 is 1.26 bits per heavy atom. The zero-order chi connectivity index (χ0) is 25.1. The SMILES string of the molecule is C/C=C/[C@@]1(C)CC[C@H]2[C@@H](CC=C3C[C@@H](OC(C)=O)CC[C@@]32C)[C@@H]1C/C=N/Nc1cccc(OC)c1. The Morgan fingerprint density at radius 3 is 2.83 bits per heavy atom. The van der Waals surface area contributed by atoms with E-state index in [4.69, 9.17) is 9.47 Å². The van der Waals surface area contributed by atoms with Crippen molar-refractivity contribution in [1.82, 2.24) is 0 Å². The summed E-state index contributed by atoms with van der Waals surface area (Å²) in [5, 5.41) is 4.59. The highest BCUT2D eigenvalue weighted by Gasteiger charge is 2.54. The summed E-state index contributed by atoms with van der Waals surface area (Å²) < 4.78 is 10.9. The average Bonchev–Trinajstić information content (AvgIpc) is 2.83. The van der Waals surface area contributed by atoms with Gasteiger partial charge >= 0.3 is 5.97 Å². The van der Waals surface area contributed by atoms with Crippen LogP contribution in [0.4, 0.5) is 5.69 Å². The molecule has 6 atom stereocenters. The minimum atomic E-state index is -0.158. The molecule has 0 aromatic heterocycles. The molecule has 4 rings (SSSR count). The fourth-order valence-corrected chi connectivity index (χ4v) is 7.32. The third-order valence-corrected chi connectivity index (χ3v) is 9.09. The number of allylic oxidation sites excluding steroid dienone is 3. The number of ether oxygens (including phenoxy) is 2. The van der Waals surface area contributed by atoms with Gasteiger partial charge < -0.3 is 9.47 Å². The van der Waals surface area contributed by atoms with Crippen LogP contribution < -0.4 is 10.2 Å². The van der Waals surface area contributed by atoms with Gasteiger partial charge in [-0.1, -0.05) is 43.7 Å². The van der Waals surface area contributed by atoms with E-state index in [0.29, 0.717) is 17.8 Å². The lowest BCUT2D eigenvalue weighted by molar-refractivity contribution is -0.148. The number of nitrogens with one attached hydrogen (secondary N) is 1. The second-order valence-corrected chi connectivity index (χ2v) is 11.2. The third kappa shape index (κ3) is 5.34. The lowest BCUT2D eigenvalue weighted by atomic mass is 9.47. The van der Waals surface area contributed by atoms with Crippen LogP contribution in [-0.2, 0) is 9.53 Å². The maximum atomic E-state index is 11.5. The molecule has 0 aliphatic heterocycles. The van der Waals surface area contributed by atoms with Crippen molar-refractivity contribution in [3.05, 3.63) is 48.1 Å². The van der Waals surface area contributed by atoms with Crippen LogP contribution in [0.15, 0.2) is 53.2 Å². The summed E-state index contributed by atoms with van der Waals surface area (Å²) >= 11 is 0. The van der Waals surface area contributed by atoms with E-state index in [1.54, 1.807) is 7.11 Å². The van der Waals surface area contributed by atoms with Gasteiger partial charge in [-0.3, -0.25) is 10.2 Å². The third-order valence-electron chi connectivity index (χ3n) is 9.09. The molecule has 1 N–H and O–H groups in total. The van der Waals surface area contributed by atoms with Gasteiger partial charge in [-0.25, -0.2) is 0 Å². The highest BCUT2D eigenvalue weighted by atomic mass is 16.5. The molecule has 1 aromatic carbocycles. The zero-order valence-electron chi connectivity index (χ0n) is 22.0. The predicted molar refractivity (Wildman–Crippen MR) is 143 cm³/mol. The van der Waals surface area contributed by atoms with Crippen molar-refractivity contribution in [1.29, 1.82) is 0 Å². The van der Waals surface area contributed by atoms with Crippen molar-refractivity contribution >= 4 is 17.9 Å². The minimum Gasteiger partial charge on any atom is -0.497 e. The molecule has 35 heavy (non-hydrogen) atoms. The van der Waals surface area contributed by atoms with E-state index in [-0.39, 0.29) is 22.9 Å². The molecule has 2 fully saturated rings. The van der Waals surface area contributed by atoms with Gasteiger partial charge in [-0.15, -0.1) is 0 Å². The summed E-state index contributed by atoms with van der Waals surface area (Å²) in [5.74, 6) is 2.50. The van der Waals surface area contributed by atoms with Crippen LogP contribution in [0.5, 0.6) is 5.75 Å². The summed E-state index contributed by atoms with van der Waals surface area (Å²) in [6, 6.07) is 7.86. The van der Waals surface area contributed by atoms with E-state index >= 15 is 0 Å². The molecule has 190 valence electrons. The molecule has 3 aliphatic rings. The molecule has 1 aromatic rings. The van der Waals surface area contributed by atoms with Crippen LogP contribution >= 0.6 is 0 Å². The highest BCUT2D eigenvalue weighted by molar-refractivity contribution is 5.66. The molecular formula is C30H42N2O3. The molecule has 0 amide bonds. The lowest BCUT2D eigenvalue weighted by Gasteiger charge is -2.58. The Bertz CT molecular complexity index is 999. The van der Waals surface area contributed by atoms with E-state index in [1.807, 2.05) is 24.3 Å². The summed E-state index contributed by atoms with van der Waals surface area (Å²) in [4.78, 5) is 11.5. The number of fused-ring (bicyclic) bond motifs is 3. The first kappa shape index (κ1) is 25.5. The fourth-order valence-electron chi connectivity index (χ4n) is 7.32. The van der Waals surface area contributed by atoms with Crippen LogP contribution in [0.3, 0.4) is 0 Å². The van der Waals surface area contributed by atoms with Gasteiger partial charge in [0.1, 0.15) is 11.9 Å². The summed E-state index contributed by atoms with van der Waals surface area (Å²) in [5.41, 5.74) is 6.03. The monoisotopic (exact) mass is 478 g/mol. The number of hydrazone groups is 1. The highest BCUT2D eigenvalue weighted by Crippen LogP contribution is 2.62. The van der Waals surface area contributed by atoms with E-state index < -0.39 is 0 Å². The van der Waals surface area contributed by atoms with E-state index in [9.17, 15) is 4.79 Å². The molecule has 0 unspecified atom stereocenters. The fraction of sp³-hybridized carbons (Fsp3) is 0.600. The molecule has 2 saturated carbocycles. The number of anilines is 1. The Hall–Kier alpha value is -2.56. The van der Waals surface area contributed by atoms with Crippen LogP contribution in [0.1, 0.15) is 72.6 Å². The molecule has 5 heteroatoms. The molecule has 0 radical (unpaired) electrons. The molecule has 0 bridgehead atoms. The van der Waals surface area contributed by atoms with Gasteiger partial charge in [0, 0.05) is 25.6 Å². The molecule has 5 nitrogen and oxygen atoms in total. The largest absolute Gasteiger partial charge is 0.497 e. The van der Waals surface area contributed by atoms with E-state index in [0.717, 1.165) is 43.5 Å². The predicted octanol–water partition coefficient (Wildman–Crippen LogP) is 7.16. The van der Waals surface area contributed by atoms with Gasteiger partial charge in [-0.05, 0) is 86.2 Å². The maximum absolute atomic E-state index is 11.5. The second-order valence-electron chi connectivity index (χ2n) is 11.2. The number of carbonyl (C=O) groups excluding carboxylic acids is 1. The second kappa shape index (κ2) is 10.6. The molecule has 0 spiro atoms. The number of carbonyl (C=O) groups is 1. The normalized spacial score (nSPS) is 34.7. The number of hydrogen-bond donors (Lipinski definition) is 1. The standard InChI is InChI=1S/C30H42N2O3/c1-6-15-29(3)16-13-28-26(11-10-22-19-25(35-21(2)33)12-17-30(22,28)4)27(29)14-18-31-32-23-8-7-9-24(20-23)34-5/h6-10,15,18,20,25-28,32H,11-14,16-17,19H2,1-5H3/b15-6+,31-18+/t25-,26-,27-,28-,29-,30-/m0/s1. The zero-order valence-corrected chi connectivity index (χ0v) is 22.0. The first-order chi connectivity index (χ1) is 16.8. The molecule has 0 heterocycles. The summed E-state index contributed by atoms with van der Waals surface area (Å²) in [7, 11) is 1.68. The van der Waals surface area contributed by atoms with Gasteiger partial charge in [0.15, 0.2) is 0 Å². The van der Waals surface area contributed by atoms with Gasteiger partial charge in [0.25, 0.3) is 0 Å². The number of rotatable bonds is 7. The van der Waals surface area contributed by atoms with Crippen molar-refractivity contribution in [2.75, 3.05) is 12.5 Å². The van der Waals surface area contributed by atoms with E-state index in [2.05, 4.69) is 55.7 Å². The smallest absolute Gasteiger partial charge is 0.302 e. The number of esters is 1. The van der Waals surface area contributed by atoms with Crippen LogP contribution in [-0.4, -0.2) is 25.4 Å². The van der Waals surface area contributed by atoms with Crippen molar-refractivity contribution in [3.63, 3.8) is 0 Å². The van der Waals surface area contributed by atoms with Crippen molar-refractivity contribution < 1.29 is 14.3 Å². The quantitative estimate of drug-likeness (QED) is 0.195. The molecular weight excluding hydrogens is 436 g/mol. The number of nitrogens with zero attached hydrogens (tertiary/aromatic N) is 1. The summed E-state index contributed by atoms with van der Waals surface area (Å²) in [6.45, 7) is 8.59. The number of methoxy groups -OCH3 is 1. The summed E-state index contributed by atoms with van der Waals surface area (Å²) in [6.07, 6.45) is 16.8. The Balaban J connectivity index is 1.52. The van der Waals surface area contributed by atoms with Gasteiger partial charge in [0.2, 0.25) is 0 Å². The average molecular weight is 479 g/mol. The Kier molecular flexibility index (Phi) is 7.73. The van der Waals surface area contributed by atoms with Crippen LogP contribution in [0, 0.1) is 28.6 Å². The number of hydrogen-bond acceptors (Lipinski definition) is 5. The van der Waals surface area contributed by atoms with Crippen LogP contribution in [0.25, 0.3) is 0 Å². The lowest BCUT2D eigenvalue weighted by Crippen LogP contribution is -2.50. The van der Waals surface area contributed by atoms with Gasteiger partial charge in [-0.2, -0.15) is 5.10 Å². The minimum absolute atomic E-state index is 0.0471. The van der Waals surface area contributed by atoms with Crippen molar-refractivity contribution in [3.8, 4) is 5.75 Å². The number of benzene rings is 1. The maximum Gasteiger partial charge on any atom is 0.302 e. The Morgan fingerprint density at radius 2 is 2.09 bits per heavy atom. The first-order valence-corrected chi connectivity index (χ1v) is 13.2. The van der Waals surface area contributed by atoms with Gasteiger partial charge in [0.05, 0.1) is 12.8 Å². The molecule has 3 aliphatic carbocycles. The van der Waals surface area contributed by atoms with Crippen molar-refractivity contribution in [2.24, 2.45) is 33.7 Å². The first-order valence-electron chi connectivity index (χ1n) is 13.2.